The Kier molecular flexibility index (Phi) is 3.28. The molecule has 1 fully saturated rings. The highest BCUT2D eigenvalue weighted by molar-refractivity contribution is 5.71. The molecule has 4 nitrogen and oxygen atoms in total. The molecule has 0 radical (unpaired) electrons. The summed E-state index contributed by atoms with van der Waals surface area (Å²) in [6.07, 6.45) is 8.94. The highest BCUT2D eigenvalue weighted by Gasteiger charge is 2.28. The predicted octanol–water partition coefficient (Wildman–Crippen LogP) is 2.44. The lowest BCUT2D eigenvalue weighted by molar-refractivity contribution is 0.629. The quantitative estimate of drug-likeness (QED) is 0.794. The van der Waals surface area contributed by atoms with Crippen LogP contribution in [0.1, 0.15) is 44.0 Å². The third kappa shape index (κ3) is 2.25. The third-order valence-corrected chi connectivity index (χ3v) is 3.54. The Morgan fingerprint density at radius 1 is 1.28 bits per heavy atom. The van der Waals surface area contributed by atoms with Crippen LogP contribution in [0.4, 0.5) is 0 Å². The molecule has 0 aliphatic heterocycles. The number of hydrogen-bond acceptors (Lipinski definition) is 3. The molecule has 4 heteroatoms. The summed E-state index contributed by atoms with van der Waals surface area (Å²) >= 11 is 0. The van der Waals surface area contributed by atoms with E-state index in [1.807, 2.05) is 12.3 Å². The van der Waals surface area contributed by atoms with Crippen molar-refractivity contribution in [2.24, 2.45) is 5.73 Å². The number of rotatable bonds is 6. The van der Waals surface area contributed by atoms with Crippen LogP contribution in [-0.4, -0.2) is 21.1 Å². The van der Waals surface area contributed by atoms with Gasteiger partial charge in [-0.1, -0.05) is 6.42 Å². The summed E-state index contributed by atoms with van der Waals surface area (Å²) in [5, 5.41) is 0. The maximum Gasteiger partial charge on any atom is 0.160 e. The molecule has 1 saturated carbocycles. The molecule has 2 N–H and O–H groups in total. The van der Waals surface area contributed by atoms with E-state index in [0.717, 1.165) is 30.6 Å². The van der Waals surface area contributed by atoms with Crippen LogP contribution < -0.4 is 5.73 Å². The van der Waals surface area contributed by atoms with Gasteiger partial charge in [-0.15, -0.1) is 0 Å². The molecule has 0 atom stereocenters. The van der Waals surface area contributed by atoms with Crippen molar-refractivity contribution < 1.29 is 0 Å². The average molecular weight is 244 g/mol. The molecule has 0 amide bonds. The van der Waals surface area contributed by atoms with Gasteiger partial charge in [0.15, 0.2) is 5.65 Å². The molecule has 18 heavy (non-hydrogen) atoms. The predicted molar refractivity (Wildman–Crippen MR) is 72.4 cm³/mol. The maximum absolute atomic E-state index is 5.53. The van der Waals surface area contributed by atoms with Crippen molar-refractivity contribution in [3.63, 3.8) is 0 Å². The monoisotopic (exact) mass is 244 g/mol. The van der Waals surface area contributed by atoms with E-state index in [2.05, 4.69) is 15.6 Å². The zero-order chi connectivity index (χ0) is 12.4. The molecule has 3 rings (SSSR count). The zero-order valence-corrected chi connectivity index (χ0v) is 10.7. The minimum Gasteiger partial charge on any atom is -0.330 e. The number of imidazole rings is 1. The number of aromatic nitrogens is 3. The minimum absolute atomic E-state index is 0.648. The highest BCUT2D eigenvalue weighted by Crippen LogP contribution is 2.38. The molecule has 0 unspecified atom stereocenters. The van der Waals surface area contributed by atoms with Crippen molar-refractivity contribution in [3.05, 3.63) is 24.2 Å². The smallest absolute Gasteiger partial charge is 0.160 e. The number of aryl methyl sites for hydroxylation is 1. The lowest BCUT2D eigenvalue weighted by Crippen LogP contribution is -2.03. The van der Waals surface area contributed by atoms with E-state index < -0.39 is 0 Å². The van der Waals surface area contributed by atoms with Gasteiger partial charge in [0.25, 0.3) is 0 Å². The summed E-state index contributed by atoms with van der Waals surface area (Å²) in [5.74, 6) is 1.21. The van der Waals surface area contributed by atoms with Gasteiger partial charge in [0.2, 0.25) is 0 Å². The van der Waals surface area contributed by atoms with Crippen molar-refractivity contribution in [2.75, 3.05) is 6.54 Å². The number of fused-ring (bicyclic) bond motifs is 1. The second kappa shape index (κ2) is 5.06. The topological polar surface area (TPSA) is 56.7 Å². The number of nitrogens with zero attached hydrogens (tertiary/aromatic N) is 3. The Labute approximate surface area is 107 Å². The normalized spacial score (nSPS) is 15.4. The number of pyridine rings is 1. The van der Waals surface area contributed by atoms with E-state index in [1.54, 1.807) is 0 Å². The number of hydrogen-bond donors (Lipinski definition) is 1. The standard InChI is InChI=1S/C14H20N4/c15-9-3-1-2-6-13-17-12-5-4-10-16-14(12)18(13)11-7-8-11/h4-5,10-11H,1-3,6-9,15H2. The van der Waals surface area contributed by atoms with Gasteiger partial charge < -0.3 is 10.3 Å². The molecule has 0 saturated heterocycles. The van der Waals surface area contributed by atoms with Gasteiger partial charge in [0, 0.05) is 18.7 Å². The molecule has 1 aliphatic carbocycles. The van der Waals surface area contributed by atoms with E-state index >= 15 is 0 Å². The van der Waals surface area contributed by atoms with Crippen LogP contribution in [0.3, 0.4) is 0 Å². The Balaban J connectivity index is 1.83. The molecule has 0 aromatic carbocycles. The molecule has 1 aliphatic rings. The van der Waals surface area contributed by atoms with Crippen LogP contribution in [0.25, 0.3) is 11.2 Å². The van der Waals surface area contributed by atoms with Gasteiger partial charge in [-0.2, -0.15) is 0 Å². The lowest BCUT2D eigenvalue weighted by atomic mass is 10.2. The van der Waals surface area contributed by atoms with Gasteiger partial charge in [-0.25, -0.2) is 9.97 Å². The zero-order valence-electron chi connectivity index (χ0n) is 10.7. The maximum atomic E-state index is 5.53. The van der Waals surface area contributed by atoms with Crippen LogP contribution >= 0.6 is 0 Å². The molecular weight excluding hydrogens is 224 g/mol. The van der Waals surface area contributed by atoms with E-state index in [0.29, 0.717) is 6.04 Å². The fourth-order valence-electron chi connectivity index (χ4n) is 2.47. The first-order chi connectivity index (χ1) is 8.90. The first kappa shape index (κ1) is 11.7. The Morgan fingerprint density at radius 3 is 2.94 bits per heavy atom. The summed E-state index contributed by atoms with van der Waals surface area (Å²) in [5.41, 5.74) is 7.63. The van der Waals surface area contributed by atoms with Crippen LogP contribution in [0.15, 0.2) is 18.3 Å². The summed E-state index contributed by atoms with van der Waals surface area (Å²) in [6, 6.07) is 4.67. The first-order valence-electron chi connectivity index (χ1n) is 6.92. The Bertz CT molecular complexity index is 528. The summed E-state index contributed by atoms with van der Waals surface area (Å²) in [6.45, 7) is 0.792. The second-order valence-corrected chi connectivity index (χ2v) is 5.07. The largest absolute Gasteiger partial charge is 0.330 e. The van der Waals surface area contributed by atoms with E-state index in [4.69, 9.17) is 10.7 Å². The van der Waals surface area contributed by atoms with Crippen molar-refractivity contribution >= 4 is 11.2 Å². The molecule has 96 valence electrons. The number of unbranched alkanes of at least 4 members (excludes halogenated alkanes) is 2. The van der Waals surface area contributed by atoms with E-state index in [1.165, 1.54) is 31.5 Å². The highest BCUT2D eigenvalue weighted by atomic mass is 15.2. The fourth-order valence-corrected chi connectivity index (χ4v) is 2.47. The molecule has 0 bridgehead atoms. The third-order valence-electron chi connectivity index (χ3n) is 3.54. The molecule has 2 aromatic heterocycles. The lowest BCUT2D eigenvalue weighted by Gasteiger charge is -2.06. The SMILES string of the molecule is NCCCCCc1nc2cccnc2n1C1CC1. The average Bonchev–Trinajstić information content (AvgIpc) is 3.16. The van der Waals surface area contributed by atoms with Gasteiger partial charge >= 0.3 is 0 Å². The summed E-state index contributed by atoms with van der Waals surface area (Å²) in [7, 11) is 0. The van der Waals surface area contributed by atoms with Gasteiger partial charge in [-0.05, 0) is 44.4 Å². The Hall–Kier alpha value is -1.42. The molecule has 0 spiro atoms. The first-order valence-corrected chi connectivity index (χ1v) is 6.92. The van der Waals surface area contributed by atoms with E-state index in [9.17, 15) is 0 Å². The van der Waals surface area contributed by atoms with Crippen LogP contribution in [0.5, 0.6) is 0 Å². The van der Waals surface area contributed by atoms with Crippen molar-refractivity contribution in [1.82, 2.24) is 14.5 Å². The molecule has 2 heterocycles. The van der Waals surface area contributed by atoms with Gasteiger partial charge in [-0.3, -0.25) is 0 Å². The summed E-state index contributed by atoms with van der Waals surface area (Å²) in [4.78, 5) is 9.23. The molecular formula is C14H20N4. The Morgan fingerprint density at radius 2 is 2.17 bits per heavy atom. The fraction of sp³-hybridized carbons (Fsp3) is 0.571. The van der Waals surface area contributed by atoms with Gasteiger partial charge in [0.05, 0.1) is 0 Å². The van der Waals surface area contributed by atoms with Crippen molar-refractivity contribution in [3.8, 4) is 0 Å². The van der Waals surface area contributed by atoms with Crippen LogP contribution in [0, 0.1) is 0 Å². The van der Waals surface area contributed by atoms with E-state index in [-0.39, 0.29) is 0 Å². The number of nitrogens with two attached hydrogens (primary N) is 1. The van der Waals surface area contributed by atoms with Crippen LogP contribution in [-0.2, 0) is 6.42 Å². The van der Waals surface area contributed by atoms with Crippen molar-refractivity contribution in [1.29, 1.82) is 0 Å². The van der Waals surface area contributed by atoms with Gasteiger partial charge in [0.1, 0.15) is 11.3 Å². The molecule has 2 aromatic rings. The summed E-state index contributed by atoms with van der Waals surface area (Å²) < 4.78 is 2.36. The van der Waals surface area contributed by atoms with Crippen molar-refractivity contribution in [2.45, 2.75) is 44.6 Å². The van der Waals surface area contributed by atoms with Crippen LogP contribution in [0.2, 0.25) is 0 Å². The second-order valence-electron chi connectivity index (χ2n) is 5.07. The minimum atomic E-state index is 0.648.